The average molecular weight is 483 g/mol. The fourth-order valence-electron chi connectivity index (χ4n) is 4.71. The first kappa shape index (κ1) is 23.3. The smallest absolute Gasteiger partial charge is 0.138 e. The highest BCUT2D eigenvalue weighted by atomic mass is 35.5. The van der Waals surface area contributed by atoms with Gasteiger partial charge in [-0.15, -0.1) is 0 Å². The molecular weight excluding hydrogens is 452 g/mol. The third-order valence-electron chi connectivity index (χ3n) is 6.77. The Balaban J connectivity index is 1.29. The zero-order valence-corrected chi connectivity index (χ0v) is 20.9. The lowest BCUT2D eigenvalue weighted by Gasteiger charge is -2.25. The van der Waals surface area contributed by atoms with Crippen LogP contribution < -0.4 is 10.6 Å². The maximum absolute atomic E-state index is 6.14. The maximum atomic E-state index is 6.14. The van der Waals surface area contributed by atoms with E-state index < -0.39 is 0 Å². The van der Waals surface area contributed by atoms with Gasteiger partial charge in [0.25, 0.3) is 0 Å². The van der Waals surface area contributed by atoms with Gasteiger partial charge in [-0.1, -0.05) is 74.4 Å². The monoisotopic (exact) mass is 482 g/mol. The van der Waals surface area contributed by atoms with Crippen LogP contribution in [0.1, 0.15) is 48.8 Å². The predicted molar refractivity (Wildman–Crippen MR) is 149 cm³/mol. The molecule has 0 amide bonds. The summed E-state index contributed by atoms with van der Waals surface area (Å²) in [5.41, 5.74) is 8.92. The van der Waals surface area contributed by atoms with E-state index in [0.29, 0.717) is 6.04 Å². The number of aromatic amines is 1. The second kappa shape index (κ2) is 10.0. The highest BCUT2D eigenvalue weighted by Gasteiger charge is 2.15. The van der Waals surface area contributed by atoms with Crippen molar-refractivity contribution < 1.29 is 0 Å². The molecule has 1 saturated carbocycles. The molecule has 4 aromatic rings. The summed E-state index contributed by atoms with van der Waals surface area (Å²) in [5, 5.41) is 7.75. The number of hydrogen-bond donors (Lipinski definition) is 3. The zero-order chi connectivity index (χ0) is 24.4. The van der Waals surface area contributed by atoms with Crippen molar-refractivity contribution in [3.8, 4) is 11.4 Å². The fourth-order valence-corrected chi connectivity index (χ4v) is 4.83. The van der Waals surface area contributed by atoms with Gasteiger partial charge in [0, 0.05) is 33.7 Å². The number of anilines is 1. The van der Waals surface area contributed by atoms with Crippen LogP contribution in [0.3, 0.4) is 0 Å². The fraction of sp³-hybridized carbons (Fsp3) is 0.233. The van der Waals surface area contributed by atoms with Gasteiger partial charge in [0.15, 0.2) is 0 Å². The number of hydrogen-bond acceptors (Lipinski definition) is 3. The van der Waals surface area contributed by atoms with Crippen molar-refractivity contribution in [1.29, 1.82) is 0 Å². The van der Waals surface area contributed by atoms with E-state index >= 15 is 0 Å². The molecular formula is C30H31ClN4. The molecule has 0 spiro atoms. The number of benzene rings is 3. The van der Waals surface area contributed by atoms with Gasteiger partial charge in [-0.3, -0.25) is 0 Å². The summed E-state index contributed by atoms with van der Waals surface area (Å²) in [6.07, 6.45) is 6.41. The number of nitrogens with zero attached hydrogens (tertiary/aromatic N) is 1. The van der Waals surface area contributed by atoms with Crippen molar-refractivity contribution in [2.45, 2.75) is 45.1 Å². The van der Waals surface area contributed by atoms with E-state index in [-0.39, 0.29) is 0 Å². The molecule has 0 unspecified atom stereocenters. The molecule has 1 aromatic heterocycles. The van der Waals surface area contributed by atoms with E-state index in [1.165, 1.54) is 32.1 Å². The third-order valence-corrected chi connectivity index (χ3v) is 7.20. The number of rotatable bonds is 7. The van der Waals surface area contributed by atoms with Crippen LogP contribution in [0.2, 0.25) is 5.02 Å². The van der Waals surface area contributed by atoms with Gasteiger partial charge in [0.1, 0.15) is 5.82 Å². The van der Waals surface area contributed by atoms with E-state index in [9.17, 15) is 0 Å². The average Bonchev–Trinajstić information content (AvgIpc) is 3.30. The summed E-state index contributed by atoms with van der Waals surface area (Å²) in [6, 6.07) is 21.0. The Morgan fingerprint density at radius 1 is 0.914 bits per heavy atom. The third kappa shape index (κ3) is 5.28. The lowest BCUT2D eigenvalue weighted by molar-refractivity contribution is 0.409. The van der Waals surface area contributed by atoms with Gasteiger partial charge in [-0.25, -0.2) is 4.98 Å². The number of aryl methyl sites for hydroxylation is 1. The van der Waals surface area contributed by atoms with Gasteiger partial charge in [0.05, 0.1) is 11.0 Å². The van der Waals surface area contributed by atoms with E-state index in [0.717, 1.165) is 61.2 Å². The van der Waals surface area contributed by atoms with Crippen molar-refractivity contribution in [3.63, 3.8) is 0 Å². The molecule has 4 nitrogen and oxygen atoms in total. The van der Waals surface area contributed by atoms with Crippen LogP contribution in [0.5, 0.6) is 0 Å². The van der Waals surface area contributed by atoms with Crippen LogP contribution in [0, 0.1) is 6.92 Å². The van der Waals surface area contributed by atoms with Crippen molar-refractivity contribution in [1.82, 2.24) is 15.3 Å². The van der Waals surface area contributed by atoms with Crippen LogP contribution in [0.4, 0.5) is 5.69 Å². The molecule has 1 fully saturated rings. The SMILES string of the molecule is C=C(Nc1ccc(Cl)c(C)c1)c1ccc(-c2nc3ccc(C(=C)NC4CCCCC4)cc3[nH]2)cc1. The first-order chi connectivity index (χ1) is 17.0. The summed E-state index contributed by atoms with van der Waals surface area (Å²) in [6.45, 7) is 10.5. The van der Waals surface area contributed by atoms with Gasteiger partial charge >= 0.3 is 0 Å². The highest BCUT2D eigenvalue weighted by molar-refractivity contribution is 6.31. The van der Waals surface area contributed by atoms with Gasteiger partial charge in [-0.05, 0) is 66.8 Å². The molecule has 35 heavy (non-hydrogen) atoms. The molecule has 1 aliphatic carbocycles. The number of H-pyrrole nitrogens is 1. The van der Waals surface area contributed by atoms with E-state index in [2.05, 4.69) is 71.2 Å². The summed E-state index contributed by atoms with van der Waals surface area (Å²) in [7, 11) is 0. The first-order valence-corrected chi connectivity index (χ1v) is 12.6. The Hall–Kier alpha value is -3.50. The molecule has 5 heteroatoms. The summed E-state index contributed by atoms with van der Waals surface area (Å²) in [5.74, 6) is 0.849. The van der Waals surface area contributed by atoms with E-state index in [1.807, 2.05) is 25.1 Å². The van der Waals surface area contributed by atoms with Crippen LogP contribution >= 0.6 is 11.6 Å². The maximum Gasteiger partial charge on any atom is 0.138 e. The van der Waals surface area contributed by atoms with Gasteiger partial charge in [0.2, 0.25) is 0 Å². The molecule has 5 rings (SSSR count). The van der Waals surface area contributed by atoms with Crippen molar-refractivity contribution in [2.75, 3.05) is 5.32 Å². The second-order valence-corrected chi connectivity index (χ2v) is 9.83. The number of aromatic nitrogens is 2. The van der Waals surface area contributed by atoms with Crippen LogP contribution in [0.25, 0.3) is 33.8 Å². The van der Waals surface area contributed by atoms with E-state index in [1.54, 1.807) is 0 Å². The van der Waals surface area contributed by atoms with Crippen molar-refractivity contribution >= 4 is 39.7 Å². The van der Waals surface area contributed by atoms with Crippen LogP contribution in [-0.4, -0.2) is 16.0 Å². The molecule has 0 atom stereocenters. The summed E-state index contributed by atoms with van der Waals surface area (Å²) >= 11 is 6.14. The Kier molecular flexibility index (Phi) is 6.65. The standard InChI is InChI=1S/C30H31ClN4/c1-19-17-26(14-15-27(19)31)33-20(2)22-9-11-23(12-10-22)30-34-28-16-13-24(18-29(28)35-30)21(3)32-25-7-5-4-6-8-25/h9-18,25,32-33H,2-8H2,1H3,(H,34,35). The van der Waals surface area contributed by atoms with Crippen molar-refractivity contribution in [3.05, 3.63) is 95.5 Å². The minimum Gasteiger partial charge on any atom is -0.382 e. The Labute approximate surface area is 212 Å². The number of halogens is 1. The van der Waals surface area contributed by atoms with Gasteiger partial charge in [-0.2, -0.15) is 0 Å². The molecule has 1 aliphatic rings. The summed E-state index contributed by atoms with van der Waals surface area (Å²) in [4.78, 5) is 8.28. The minimum absolute atomic E-state index is 0.538. The predicted octanol–water partition coefficient (Wildman–Crippen LogP) is 8.17. The quantitative estimate of drug-likeness (QED) is 0.249. The molecule has 3 N–H and O–H groups in total. The van der Waals surface area contributed by atoms with E-state index in [4.69, 9.17) is 16.6 Å². The van der Waals surface area contributed by atoms with Gasteiger partial charge < -0.3 is 15.6 Å². The molecule has 3 aromatic carbocycles. The zero-order valence-electron chi connectivity index (χ0n) is 20.1. The Morgan fingerprint density at radius 3 is 2.40 bits per heavy atom. The molecule has 178 valence electrons. The summed E-state index contributed by atoms with van der Waals surface area (Å²) < 4.78 is 0. The largest absolute Gasteiger partial charge is 0.382 e. The normalized spacial score (nSPS) is 14.1. The molecule has 0 saturated heterocycles. The van der Waals surface area contributed by atoms with Crippen LogP contribution in [-0.2, 0) is 0 Å². The molecule has 0 radical (unpaired) electrons. The van der Waals surface area contributed by atoms with Crippen LogP contribution in [0.15, 0.2) is 73.8 Å². The lowest BCUT2D eigenvalue weighted by Crippen LogP contribution is -2.29. The lowest BCUT2D eigenvalue weighted by atomic mass is 9.95. The highest BCUT2D eigenvalue weighted by Crippen LogP contribution is 2.27. The molecule has 1 heterocycles. The number of fused-ring (bicyclic) bond motifs is 1. The molecule has 0 bridgehead atoms. The Morgan fingerprint density at radius 2 is 1.66 bits per heavy atom. The van der Waals surface area contributed by atoms with Crippen molar-refractivity contribution in [2.24, 2.45) is 0 Å². The topological polar surface area (TPSA) is 52.7 Å². The second-order valence-electron chi connectivity index (χ2n) is 9.42. The molecule has 0 aliphatic heterocycles. The Bertz CT molecular complexity index is 1380. The first-order valence-electron chi connectivity index (χ1n) is 12.2. The number of imidazole rings is 1. The number of nitrogens with one attached hydrogen (secondary N) is 3. The minimum atomic E-state index is 0.538.